The van der Waals surface area contributed by atoms with Gasteiger partial charge in [0.2, 0.25) is 7.37 Å². The van der Waals surface area contributed by atoms with Crippen molar-refractivity contribution in [2.45, 2.75) is 78.3 Å². The standard InChI is InChI=1S/C30H39O4P/c1-5-7-15-26-24(6-2)28(21(3)18-19-22(4)30(31)32)25-16-11-12-17-27(25)29(26)35(33,34)20-23-13-9-8-10-14-23/h8-14,16-17,21-22H,5-7,15,18-20H2,1-4H3,(H,31,32)(H,33,34). The molecule has 3 aromatic carbocycles. The van der Waals surface area contributed by atoms with E-state index in [4.69, 9.17) is 0 Å². The van der Waals surface area contributed by atoms with Crippen molar-refractivity contribution >= 4 is 29.4 Å². The van der Waals surface area contributed by atoms with Gasteiger partial charge in [-0.1, -0.05) is 88.7 Å². The van der Waals surface area contributed by atoms with Crippen molar-refractivity contribution < 1.29 is 19.4 Å². The second-order valence-electron chi connectivity index (χ2n) is 9.79. The number of carbonyl (C=O) groups is 1. The summed E-state index contributed by atoms with van der Waals surface area (Å²) in [4.78, 5) is 23.0. The highest BCUT2D eigenvalue weighted by Crippen LogP contribution is 2.49. The molecule has 0 spiro atoms. The Morgan fingerprint density at radius 2 is 1.54 bits per heavy atom. The third kappa shape index (κ3) is 6.23. The van der Waals surface area contributed by atoms with Gasteiger partial charge in [0.25, 0.3) is 0 Å². The van der Waals surface area contributed by atoms with E-state index in [1.165, 1.54) is 11.1 Å². The largest absolute Gasteiger partial charge is 0.481 e. The molecule has 3 unspecified atom stereocenters. The fraction of sp³-hybridized carbons (Fsp3) is 0.433. The number of carboxylic acids is 1. The Morgan fingerprint density at radius 1 is 0.914 bits per heavy atom. The molecule has 0 aliphatic carbocycles. The Hall–Kier alpha value is -2.42. The molecule has 188 valence electrons. The van der Waals surface area contributed by atoms with Crippen molar-refractivity contribution in [3.8, 4) is 0 Å². The molecule has 3 atom stereocenters. The molecule has 0 aromatic heterocycles. The van der Waals surface area contributed by atoms with Gasteiger partial charge >= 0.3 is 5.97 Å². The summed E-state index contributed by atoms with van der Waals surface area (Å²) in [6.45, 7) is 8.20. The van der Waals surface area contributed by atoms with E-state index in [1.54, 1.807) is 6.92 Å². The minimum Gasteiger partial charge on any atom is -0.481 e. The number of unbranched alkanes of at least 4 members (excludes halogenated alkanes) is 1. The van der Waals surface area contributed by atoms with Crippen LogP contribution >= 0.6 is 7.37 Å². The highest BCUT2D eigenvalue weighted by Gasteiger charge is 2.31. The Balaban J connectivity index is 2.23. The average molecular weight is 495 g/mol. The van der Waals surface area contributed by atoms with Crippen LogP contribution in [0.2, 0.25) is 0 Å². The van der Waals surface area contributed by atoms with Gasteiger partial charge in [-0.2, -0.15) is 0 Å². The van der Waals surface area contributed by atoms with Crippen LogP contribution in [0.1, 0.15) is 81.5 Å². The zero-order chi connectivity index (χ0) is 25.6. The molecule has 0 aliphatic rings. The van der Waals surface area contributed by atoms with Crippen molar-refractivity contribution in [3.63, 3.8) is 0 Å². The van der Waals surface area contributed by atoms with E-state index < -0.39 is 19.3 Å². The number of hydrogen-bond donors (Lipinski definition) is 2. The lowest BCUT2D eigenvalue weighted by atomic mass is 9.82. The summed E-state index contributed by atoms with van der Waals surface area (Å²) in [6.07, 6.45) is 4.98. The van der Waals surface area contributed by atoms with Gasteiger partial charge in [-0.05, 0) is 71.0 Å². The van der Waals surface area contributed by atoms with Crippen molar-refractivity contribution in [2.24, 2.45) is 5.92 Å². The molecular formula is C30H39O4P. The lowest BCUT2D eigenvalue weighted by molar-refractivity contribution is -0.141. The topological polar surface area (TPSA) is 74.6 Å². The van der Waals surface area contributed by atoms with Gasteiger partial charge in [0, 0.05) is 5.30 Å². The molecule has 3 aromatic rings. The number of aliphatic carboxylic acids is 1. The number of fused-ring (bicyclic) bond motifs is 1. The van der Waals surface area contributed by atoms with Crippen LogP contribution < -0.4 is 5.30 Å². The van der Waals surface area contributed by atoms with Crippen LogP contribution in [-0.4, -0.2) is 16.0 Å². The second-order valence-corrected chi connectivity index (χ2v) is 12.0. The first-order chi connectivity index (χ1) is 16.7. The summed E-state index contributed by atoms with van der Waals surface area (Å²) in [6, 6.07) is 17.6. The van der Waals surface area contributed by atoms with Crippen LogP contribution in [0.5, 0.6) is 0 Å². The molecule has 3 rings (SSSR count). The molecule has 0 saturated carbocycles. The van der Waals surface area contributed by atoms with Crippen LogP contribution in [0, 0.1) is 5.92 Å². The first-order valence-electron chi connectivity index (χ1n) is 12.9. The lowest BCUT2D eigenvalue weighted by Gasteiger charge is -2.27. The van der Waals surface area contributed by atoms with Crippen molar-refractivity contribution in [1.29, 1.82) is 0 Å². The molecule has 0 fully saturated rings. The molecule has 0 bridgehead atoms. The molecule has 0 amide bonds. The minimum atomic E-state index is -3.70. The van der Waals surface area contributed by atoms with Crippen molar-refractivity contribution in [1.82, 2.24) is 0 Å². The number of hydrogen-bond acceptors (Lipinski definition) is 2. The SMILES string of the molecule is CCCCc1c(CC)c(C(C)CCC(C)C(=O)O)c2ccccc2c1P(=O)(O)Cc1ccccc1. The fourth-order valence-corrected chi connectivity index (χ4v) is 7.33. The molecule has 0 radical (unpaired) electrons. The van der Waals surface area contributed by atoms with E-state index in [1.807, 2.05) is 48.5 Å². The molecule has 0 aliphatic heterocycles. The van der Waals surface area contributed by atoms with Gasteiger partial charge in [-0.15, -0.1) is 0 Å². The number of rotatable bonds is 12. The molecule has 2 N–H and O–H groups in total. The summed E-state index contributed by atoms with van der Waals surface area (Å²) in [5.41, 5.74) is 4.28. The summed E-state index contributed by atoms with van der Waals surface area (Å²) in [5.74, 6) is -1.01. The monoisotopic (exact) mass is 494 g/mol. The van der Waals surface area contributed by atoms with Gasteiger partial charge < -0.3 is 10.00 Å². The zero-order valence-corrected chi connectivity index (χ0v) is 22.4. The van der Waals surface area contributed by atoms with Gasteiger partial charge in [0.1, 0.15) is 0 Å². The van der Waals surface area contributed by atoms with Gasteiger partial charge in [-0.3, -0.25) is 9.36 Å². The molecule has 0 saturated heterocycles. The first-order valence-corrected chi connectivity index (χ1v) is 14.7. The fourth-order valence-electron chi connectivity index (χ4n) is 5.22. The van der Waals surface area contributed by atoms with E-state index in [0.717, 1.165) is 54.0 Å². The van der Waals surface area contributed by atoms with Crippen molar-refractivity contribution in [2.75, 3.05) is 0 Å². The Kier molecular flexibility index (Phi) is 9.33. The molecule has 35 heavy (non-hydrogen) atoms. The maximum Gasteiger partial charge on any atom is 0.306 e. The third-order valence-electron chi connectivity index (χ3n) is 7.12. The van der Waals surface area contributed by atoms with Crippen LogP contribution in [0.3, 0.4) is 0 Å². The number of benzene rings is 3. The molecule has 0 heterocycles. The summed E-state index contributed by atoms with van der Waals surface area (Å²) >= 11 is 0. The Morgan fingerprint density at radius 3 is 2.14 bits per heavy atom. The minimum absolute atomic E-state index is 0.116. The van der Waals surface area contributed by atoms with E-state index in [2.05, 4.69) is 26.8 Å². The van der Waals surface area contributed by atoms with Crippen LogP contribution in [0.15, 0.2) is 54.6 Å². The molecule has 5 heteroatoms. The third-order valence-corrected chi connectivity index (χ3v) is 9.12. The average Bonchev–Trinajstić information content (AvgIpc) is 2.84. The number of carboxylic acid groups (broad SMARTS) is 1. The van der Waals surface area contributed by atoms with Gasteiger partial charge in [0.05, 0.1) is 12.1 Å². The summed E-state index contributed by atoms with van der Waals surface area (Å²) in [7, 11) is -3.70. The Labute approximate surface area is 209 Å². The van der Waals surface area contributed by atoms with E-state index >= 15 is 0 Å². The normalized spacial score (nSPS) is 15.0. The van der Waals surface area contributed by atoms with E-state index in [9.17, 15) is 19.4 Å². The lowest BCUT2D eigenvalue weighted by Crippen LogP contribution is -2.20. The van der Waals surface area contributed by atoms with Gasteiger partial charge in [0.15, 0.2) is 0 Å². The van der Waals surface area contributed by atoms with Crippen LogP contribution in [0.25, 0.3) is 10.8 Å². The maximum absolute atomic E-state index is 14.1. The van der Waals surface area contributed by atoms with Gasteiger partial charge in [-0.25, -0.2) is 0 Å². The van der Waals surface area contributed by atoms with E-state index in [0.29, 0.717) is 11.7 Å². The molecular weight excluding hydrogens is 455 g/mol. The van der Waals surface area contributed by atoms with E-state index in [-0.39, 0.29) is 12.1 Å². The predicted molar refractivity (Wildman–Crippen MR) is 146 cm³/mol. The smallest absolute Gasteiger partial charge is 0.306 e. The highest BCUT2D eigenvalue weighted by atomic mass is 31.2. The molecule has 4 nitrogen and oxygen atoms in total. The second kappa shape index (κ2) is 12.0. The predicted octanol–water partition coefficient (Wildman–Crippen LogP) is 7.45. The quantitative estimate of drug-likeness (QED) is 0.257. The first kappa shape index (κ1) is 27.2. The van der Waals surface area contributed by atoms with Crippen LogP contribution in [-0.2, 0) is 28.4 Å². The summed E-state index contributed by atoms with van der Waals surface area (Å²) < 4.78 is 14.1. The zero-order valence-electron chi connectivity index (χ0n) is 21.5. The Bertz CT molecular complexity index is 1200. The maximum atomic E-state index is 14.1. The summed E-state index contributed by atoms with van der Waals surface area (Å²) in [5, 5.41) is 11.9. The van der Waals surface area contributed by atoms with Crippen molar-refractivity contribution in [3.05, 3.63) is 76.9 Å². The highest BCUT2D eigenvalue weighted by molar-refractivity contribution is 7.66. The van der Waals surface area contributed by atoms with Crippen LogP contribution in [0.4, 0.5) is 0 Å².